The lowest BCUT2D eigenvalue weighted by Gasteiger charge is -2.03. The van der Waals surface area contributed by atoms with E-state index in [0.717, 1.165) is 11.1 Å². The van der Waals surface area contributed by atoms with E-state index in [2.05, 4.69) is 48.3 Å². The van der Waals surface area contributed by atoms with Crippen molar-refractivity contribution >= 4 is 12.2 Å². The van der Waals surface area contributed by atoms with Gasteiger partial charge in [-0.05, 0) is 23.3 Å². The first-order chi connectivity index (χ1) is 7.93. The first-order valence-electron chi connectivity index (χ1n) is 5.32. The Morgan fingerprint density at radius 2 is 1.00 bits per heavy atom. The Labute approximate surface area is 95.3 Å². The number of fused-ring (bicyclic) bond motifs is 2. The van der Waals surface area contributed by atoms with Crippen molar-refractivity contribution in [2.75, 3.05) is 0 Å². The van der Waals surface area contributed by atoms with Gasteiger partial charge >= 0.3 is 0 Å². The van der Waals surface area contributed by atoms with Gasteiger partial charge in [0, 0.05) is 11.1 Å². The van der Waals surface area contributed by atoms with Crippen molar-refractivity contribution in [2.24, 2.45) is 0 Å². The number of rotatable bonds is 0. The summed E-state index contributed by atoms with van der Waals surface area (Å²) in [4.78, 5) is 0. The molecule has 0 nitrogen and oxygen atoms in total. The van der Waals surface area contributed by atoms with Crippen LogP contribution in [0.25, 0.3) is 12.2 Å². The minimum atomic E-state index is 1.09. The maximum Gasteiger partial charge on any atom is 0.0321 e. The summed E-state index contributed by atoms with van der Waals surface area (Å²) in [5, 5.41) is 0. The molecule has 0 N–H and O–H groups in total. The Morgan fingerprint density at radius 3 is 1.50 bits per heavy atom. The molecule has 0 aromatic heterocycles. The molecular formula is C16H10. The summed E-state index contributed by atoms with van der Waals surface area (Å²) >= 11 is 0. The molecule has 0 aliphatic heterocycles. The molecule has 2 aromatic carbocycles. The summed E-state index contributed by atoms with van der Waals surface area (Å²) in [6, 6.07) is 16.4. The molecule has 1 aliphatic carbocycles. The summed E-state index contributed by atoms with van der Waals surface area (Å²) < 4.78 is 0. The van der Waals surface area contributed by atoms with Crippen LogP contribution >= 0.6 is 0 Å². The van der Waals surface area contributed by atoms with Crippen LogP contribution in [-0.4, -0.2) is 0 Å². The highest BCUT2D eigenvalue weighted by Gasteiger charge is 2.00. The molecule has 0 atom stereocenters. The molecule has 0 amide bonds. The van der Waals surface area contributed by atoms with Crippen molar-refractivity contribution in [1.29, 1.82) is 0 Å². The van der Waals surface area contributed by atoms with E-state index in [9.17, 15) is 0 Å². The van der Waals surface area contributed by atoms with E-state index in [1.54, 1.807) is 0 Å². The second kappa shape index (κ2) is 3.72. The van der Waals surface area contributed by atoms with Crippen LogP contribution in [0.3, 0.4) is 0 Å². The molecule has 0 spiro atoms. The van der Waals surface area contributed by atoms with Gasteiger partial charge in [-0.2, -0.15) is 0 Å². The lowest BCUT2D eigenvalue weighted by molar-refractivity contribution is 1.56. The zero-order valence-electron chi connectivity index (χ0n) is 8.77. The number of hydrogen-bond acceptors (Lipinski definition) is 0. The topological polar surface area (TPSA) is 0 Å². The van der Waals surface area contributed by atoms with E-state index in [1.165, 1.54) is 11.1 Å². The van der Waals surface area contributed by atoms with Crippen LogP contribution < -0.4 is 0 Å². The standard InChI is InChI=1S/C16H10/c1-2-6-14-11-12-16-8-4-3-7-15(16)10-9-13(14)5-1/h1-10H. The molecule has 0 bridgehead atoms. The zero-order valence-corrected chi connectivity index (χ0v) is 8.77. The van der Waals surface area contributed by atoms with Gasteiger partial charge in [0.2, 0.25) is 0 Å². The van der Waals surface area contributed by atoms with Crippen LogP contribution in [0.5, 0.6) is 0 Å². The highest BCUT2D eigenvalue weighted by atomic mass is 14.0. The fourth-order valence-corrected chi connectivity index (χ4v) is 1.83. The minimum absolute atomic E-state index is 1.09. The molecule has 74 valence electrons. The maximum absolute atomic E-state index is 3.22. The Kier molecular flexibility index (Phi) is 2.09. The predicted octanol–water partition coefficient (Wildman–Crippen LogP) is 3.57. The number of benzene rings is 2. The monoisotopic (exact) mass is 202 g/mol. The van der Waals surface area contributed by atoms with E-state index < -0.39 is 0 Å². The van der Waals surface area contributed by atoms with Crippen molar-refractivity contribution in [3.63, 3.8) is 0 Å². The SMILES string of the molecule is C1#Cc2ccccc2C=Cc2ccccc21. The van der Waals surface area contributed by atoms with Crippen LogP contribution in [0.4, 0.5) is 0 Å². The van der Waals surface area contributed by atoms with E-state index in [4.69, 9.17) is 0 Å². The van der Waals surface area contributed by atoms with Gasteiger partial charge in [-0.25, -0.2) is 0 Å². The summed E-state index contributed by atoms with van der Waals surface area (Å²) in [5.74, 6) is 6.44. The molecule has 3 rings (SSSR count). The molecule has 0 heterocycles. The normalized spacial score (nSPS) is 11.5. The van der Waals surface area contributed by atoms with Gasteiger partial charge in [-0.15, -0.1) is 0 Å². The smallest absolute Gasteiger partial charge is 0.0321 e. The number of hydrogen-bond donors (Lipinski definition) is 0. The van der Waals surface area contributed by atoms with Crippen LogP contribution in [0.15, 0.2) is 48.5 Å². The molecule has 16 heavy (non-hydrogen) atoms. The van der Waals surface area contributed by atoms with Gasteiger partial charge in [0.1, 0.15) is 0 Å². The van der Waals surface area contributed by atoms with Crippen molar-refractivity contribution in [3.8, 4) is 11.8 Å². The average Bonchev–Trinajstić information content (AvgIpc) is 2.32. The fourth-order valence-electron chi connectivity index (χ4n) is 1.83. The van der Waals surface area contributed by atoms with Gasteiger partial charge in [-0.3, -0.25) is 0 Å². The molecule has 0 radical (unpaired) electrons. The van der Waals surface area contributed by atoms with E-state index in [-0.39, 0.29) is 0 Å². The summed E-state index contributed by atoms with van der Waals surface area (Å²) in [7, 11) is 0. The second-order valence-electron chi connectivity index (χ2n) is 3.76. The van der Waals surface area contributed by atoms with Crippen molar-refractivity contribution in [2.45, 2.75) is 0 Å². The molecule has 0 saturated carbocycles. The van der Waals surface area contributed by atoms with Crippen molar-refractivity contribution in [3.05, 3.63) is 70.8 Å². The molecule has 0 saturated heterocycles. The third-order valence-corrected chi connectivity index (χ3v) is 2.70. The highest BCUT2D eigenvalue weighted by Crippen LogP contribution is 2.17. The van der Waals surface area contributed by atoms with Crippen LogP contribution in [0, 0.1) is 11.8 Å². The molecule has 0 fully saturated rings. The summed E-state index contributed by atoms with van der Waals surface area (Å²) in [6.07, 6.45) is 4.25. The van der Waals surface area contributed by atoms with Crippen LogP contribution in [-0.2, 0) is 0 Å². The van der Waals surface area contributed by atoms with E-state index in [0.29, 0.717) is 0 Å². The van der Waals surface area contributed by atoms with Crippen molar-refractivity contribution < 1.29 is 0 Å². The maximum atomic E-state index is 3.22. The third-order valence-electron chi connectivity index (χ3n) is 2.70. The van der Waals surface area contributed by atoms with Crippen molar-refractivity contribution in [1.82, 2.24) is 0 Å². The fraction of sp³-hybridized carbons (Fsp3) is 0. The van der Waals surface area contributed by atoms with E-state index in [1.807, 2.05) is 24.3 Å². The second-order valence-corrected chi connectivity index (χ2v) is 3.76. The molecule has 1 aliphatic rings. The van der Waals surface area contributed by atoms with Gasteiger partial charge in [0.05, 0.1) is 0 Å². The Balaban J connectivity index is 2.24. The third kappa shape index (κ3) is 1.53. The average molecular weight is 202 g/mol. The van der Waals surface area contributed by atoms with Gasteiger partial charge in [0.25, 0.3) is 0 Å². The highest BCUT2D eigenvalue weighted by molar-refractivity contribution is 5.77. The Morgan fingerprint density at radius 1 is 0.562 bits per heavy atom. The van der Waals surface area contributed by atoms with Crippen LogP contribution in [0.2, 0.25) is 0 Å². The Bertz CT molecular complexity index is 568. The summed E-state index contributed by atoms with van der Waals surface area (Å²) in [6.45, 7) is 0. The van der Waals surface area contributed by atoms with Gasteiger partial charge in [0.15, 0.2) is 0 Å². The lowest BCUT2D eigenvalue weighted by Crippen LogP contribution is -1.87. The molecule has 2 aromatic rings. The zero-order chi connectivity index (χ0) is 10.8. The first kappa shape index (κ1) is 9.00. The predicted molar refractivity (Wildman–Crippen MR) is 67.8 cm³/mol. The van der Waals surface area contributed by atoms with Crippen LogP contribution in [0.1, 0.15) is 22.3 Å². The first-order valence-corrected chi connectivity index (χ1v) is 5.32. The summed E-state index contributed by atoms with van der Waals surface area (Å²) in [5.41, 5.74) is 4.55. The molecular weight excluding hydrogens is 192 g/mol. The molecule has 0 unspecified atom stereocenters. The molecule has 0 heteroatoms. The lowest BCUT2D eigenvalue weighted by atomic mass is 10.0. The van der Waals surface area contributed by atoms with Gasteiger partial charge in [-0.1, -0.05) is 60.4 Å². The quantitative estimate of drug-likeness (QED) is 0.489. The largest absolute Gasteiger partial charge is 0.0616 e. The van der Waals surface area contributed by atoms with Gasteiger partial charge < -0.3 is 0 Å². The van der Waals surface area contributed by atoms with E-state index >= 15 is 0 Å². The Hall–Kier alpha value is -2.26. The minimum Gasteiger partial charge on any atom is -0.0616 e.